The lowest BCUT2D eigenvalue weighted by atomic mass is 9.84. The highest BCUT2D eigenvalue weighted by atomic mass is 16.6. The molecule has 5 rings (SSSR count). The van der Waals surface area contributed by atoms with E-state index in [1.54, 1.807) is 24.4 Å². The van der Waals surface area contributed by atoms with E-state index in [0.29, 0.717) is 11.6 Å². The molecule has 0 spiro atoms. The van der Waals surface area contributed by atoms with Crippen molar-refractivity contribution in [2.45, 2.75) is 77.5 Å². The Labute approximate surface area is 241 Å². The van der Waals surface area contributed by atoms with Crippen LogP contribution in [0.5, 0.6) is 0 Å². The second kappa shape index (κ2) is 11.9. The highest BCUT2D eigenvalue weighted by Gasteiger charge is 2.34. The number of fused-ring (bicyclic) bond motifs is 1. The Balaban J connectivity index is 1.24. The Morgan fingerprint density at radius 1 is 1.10 bits per heavy atom. The molecule has 3 heterocycles. The van der Waals surface area contributed by atoms with Crippen molar-refractivity contribution in [1.29, 1.82) is 0 Å². The smallest absolute Gasteiger partial charge is 0.410 e. The van der Waals surface area contributed by atoms with E-state index in [4.69, 9.17) is 4.74 Å². The van der Waals surface area contributed by atoms with Gasteiger partial charge < -0.3 is 19.9 Å². The molecule has 2 aromatic heterocycles. The van der Waals surface area contributed by atoms with Crippen molar-refractivity contribution in [2.75, 3.05) is 24.5 Å². The molecular formula is C32H41N5O4. The third kappa shape index (κ3) is 6.89. The first kappa shape index (κ1) is 28.6. The maximum Gasteiger partial charge on any atom is 0.410 e. The number of hydrogen-bond acceptors (Lipinski definition) is 6. The number of anilines is 1. The summed E-state index contributed by atoms with van der Waals surface area (Å²) in [5, 5.41) is 2.96. The molecule has 1 aliphatic carbocycles. The quantitative estimate of drug-likeness (QED) is 0.428. The van der Waals surface area contributed by atoms with Gasteiger partial charge in [0, 0.05) is 37.6 Å². The maximum absolute atomic E-state index is 13.2. The first-order valence-electron chi connectivity index (χ1n) is 14.7. The fourth-order valence-corrected chi connectivity index (χ4v) is 5.59. The van der Waals surface area contributed by atoms with Crippen LogP contribution in [-0.2, 0) is 4.74 Å². The molecule has 1 saturated carbocycles. The molecule has 2 fully saturated rings. The highest BCUT2D eigenvalue weighted by Crippen LogP contribution is 2.31. The summed E-state index contributed by atoms with van der Waals surface area (Å²) < 4.78 is 7.21. The summed E-state index contributed by atoms with van der Waals surface area (Å²) in [6.45, 7) is 10.1. The third-order valence-corrected chi connectivity index (χ3v) is 8.05. The molecule has 9 heteroatoms. The fourth-order valence-electron chi connectivity index (χ4n) is 5.59. The number of benzene rings is 1. The molecule has 2 aliphatic rings. The molecule has 1 N–H and O–H groups in total. The number of hydrogen-bond donors (Lipinski definition) is 1. The van der Waals surface area contributed by atoms with E-state index in [1.807, 2.05) is 44.7 Å². The van der Waals surface area contributed by atoms with E-state index in [9.17, 15) is 14.4 Å². The normalized spacial score (nSPS) is 18.4. The van der Waals surface area contributed by atoms with Crippen molar-refractivity contribution >= 4 is 23.3 Å². The molecule has 0 radical (unpaired) electrons. The number of rotatable bonds is 7. The molecule has 0 bridgehead atoms. The van der Waals surface area contributed by atoms with E-state index in [1.165, 1.54) is 29.7 Å². The SMILES string of the molecule is CC(NC(=O)c1cc(=O)n2ccccc2n1)c1ccc(N2CCC[C@@H](N(CC3CCC3)C(=O)OC(C)(C)C)C2)cc1. The zero-order chi connectivity index (χ0) is 29.1. The van der Waals surface area contributed by atoms with Crippen LogP contribution in [0.15, 0.2) is 59.5 Å². The molecule has 218 valence electrons. The van der Waals surface area contributed by atoms with Crippen LogP contribution in [0.2, 0.25) is 0 Å². The van der Waals surface area contributed by atoms with E-state index in [2.05, 4.69) is 27.3 Å². The monoisotopic (exact) mass is 559 g/mol. The predicted molar refractivity (Wildman–Crippen MR) is 159 cm³/mol. The number of ether oxygens (including phenoxy) is 1. The summed E-state index contributed by atoms with van der Waals surface area (Å²) in [5.74, 6) is 0.176. The average molecular weight is 560 g/mol. The predicted octanol–water partition coefficient (Wildman–Crippen LogP) is 5.19. The van der Waals surface area contributed by atoms with E-state index in [-0.39, 0.29) is 29.4 Å². The standard InChI is InChI=1S/C32H41N5O4/c1-22(33-30(39)27-19-29(38)36-18-6-5-12-28(36)34-27)24-13-15-25(16-14-24)35-17-8-11-26(21-35)37(20-23-9-7-10-23)31(40)41-32(2,3)4/h5-6,12-16,18-19,22-23,26H,7-11,17,20-21H2,1-4H3,(H,33,39)/t22?,26-/m1/s1. The molecule has 2 atom stereocenters. The number of carbonyl (C=O) groups is 2. The molecular weight excluding hydrogens is 518 g/mol. The van der Waals surface area contributed by atoms with Gasteiger partial charge in [-0.25, -0.2) is 9.78 Å². The lowest BCUT2D eigenvalue weighted by molar-refractivity contribution is 0.00735. The third-order valence-electron chi connectivity index (χ3n) is 8.05. The number of amides is 2. The largest absolute Gasteiger partial charge is 0.444 e. The minimum absolute atomic E-state index is 0.0977. The van der Waals surface area contributed by atoms with E-state index < -0.39 is 11.5 Å². The lowest BCUT2D eigenvalue weighted by Gasteiger charge is -2.43. The number of piperidine rings is 1. The zero-order valence-electron chi connectivity index (χ0n) is 24.5. The summed E-state index contributed by atoms with van der Waals surface area (Å²) in [4.78, 5) is 47.2. The molecule has 1 aromatic carbocycles. The Hall–Kier alpha value is -3.88. The number of nitrogens with one attached hydrogen (secondary N) is 1. The van der Waals surface area contributed by atoms with Crippen LogP contribution in [0.1, 0.15) is 81.9 Å². The van der Waals surface area contributed by atoms with Gasteiger partial charge in [-0.2, -0.15) is 0 Å². The highest BCUT2D eigenvalue weighted by molar-refractivity contribution is 5.92. The van der Waals surface area contributed by atoms with Gasteiger partial charge in [0.1, 0.15) is 16.9 Å². The minimum atomic E-state index is -0.522. The van der Waals surface area contributed by atoms with Crippen molar-refractivity contribution < 1.29 is 14.3 Å². The Bertz CT molecular complexity index is 1440. The maximum atomic E-state index is 13.2. The topological polar surface area (TPSA) is 96.2 Å². The summed E-state index contributed by atoms with van der Waals surface area (Å²) >= 11 is 0. The molecule has 41 heavy (non-hydrogen) atoms. The van der Waals surface area contributed by atoms with Gasteiger partial charge in [-0.05, 0) is 89.1 Å². The summed E-state index contributed by atoms with van der Waals surface area (Å²) in [7, 11) is 0. The van der Waals surface area contributed by atoms with Crippen LogP contribution in [0.25, 0.3) is 5.65 Å². The second-order valence-electron chi connectivity index (χ2n) is 12.4. The van der Waals surface area contributed by atoms with Gasteiger partial charge in [0.15, 0.2) is 0 Å². The summed E-state index contributed by atoms with van der Waals surface area (Å²) in [6.07, 6.45) is 6.99. The number of carbonyl (C=O) groups excluding carboxylic acids is 2. The van der Waals surface area contributed by atoms with Crippen molar-refractivity contribution in [3.05, 3.63) is 76.3 Å². The molecule has 3 aromatic rings. The fraction of sp³-hybridized carbons (Fsp3) is 0.500. The second-order valence-corrected chi connectivity index (χ2v) is 12.4. The van der Waals surface area contributed by atoms with Gasteiger partial charge in [-0.15, -0.1) is 0 Å². The summed E-state index contributed by atoms with van der Waals surface area (Å²) in [6, 6.07) is 14.5. The Kier molecular flexibility index (Phi) is 8.33. The van der Waals surface area contributed by atoms with Crippen LogP contribution in [0, 0.1) is 5.92 Å². The van der Waals surface area contributed by atoms with Gasteiger partial charge in [0.25, 0.3) is 11.5 Å². The van der Waals surface area contributed by atoms with Crippen LogP contribution in [0.4, 0.5) is 10.5 Å². The van der Waals surface area contributed by atoms with Crippen molar-refractivity contribution in [1.82, 2.24) is 19.6 Å². The van der Waals surface area contributed by atoms with Crippen molar-refractivity contribution in [2.24, 2.45) is 5.92 Å². The first-order valence-corrected chi connectivity index (χ1v) is 14.7. The summed E-state index contributed by atoms with van der Waals surface area (Å²) in [5.41, 5.74) is 1.75. The molecule has 1 saturated heterocycles. The van der Waals surface area contributed by atoms with Gasteiger partial charge in [-0.3, -0.25) is 14.0 Å². The molecule has 9 nitrogen and oxygen atoms in total. The van der Waals surface area contributed by atoms with Crippen LogP contribution in [0.3, 0.4) is 0 Å². The van der Waals surface area contributed by atoms with Crippen molar-refractivity contribution in [3.63, 3.8) is 0 Å². The molecule has 1 unspecified atom stereocenters. The van der Waals surface area contributed by atoms with Crippen LogP contribution >= 0.6 is 0 Å². The average Bonchev–Trinajstić information content (AvgIpc) is 2.91. The van der Waals surface area contributed by atoms with Crippen LogP contribution in [-0.4, -0.2) is 57.6 Å². The number of nitrogens with zero attached hydrogens (tertiary/aromatic N) is 4. The van der Waals surface area contributed by atoms with E-state index in [0.717, 1.165) is 43.7 Å². The lowest BCUT2D eigenvalue weighted by Crippen LogP contribution is -2.53. The number of pyridine rings is 1. The Morgan fingerprint density at radius 2 is 1.85 bits per heavy atom. The molecule has 2 amide bonds. The van der Waals surface area contributed by atoms with Crippen molar-refractivity contribution in [3.8, 4) is 0 Å². The first-order chi connectivity index (χ1) is 19.6. The van der Waals surface area contributed by atoms with Gasteiger partial charge in [-0.1, -0.05) is 24.6 Å². The zero-order valence-corrected chi connectivity index (χ0v) is 24.5. The van der Waals surface area contributed by atoms with Gasteiger partial charge >= 0.3 is 6.09 Å². The van der Waals surface area contributed by atoms with Gasteiger partial charge in [0.05, 0.1) is 12.1 Å². The van der Waals surface area contributed by atoms with Gasteiger partial charge in [0.2, 0.25) is 0 Å². The van der Waals surface area contributed by atoms with Crippen LogP contribution < -0.4 is 15.8 Å². The van der Waals surface area contributed by atoms with E-state index >= 15 is 0 Å². The number of aromatic nitrogens is 2. The minimum Gasteiger partial charge on any atom is -0.444 e. The molecule has 1 aliphatic heterocycles. The Morgan fingerprint density at radius 3 is 2.54 bits per heavy atom.